The molecule has 0 atom stereocenters. The summed E-state index contributed by atoms with van der Waals surface area (Å²) < 4.78 is 0. The Kier molecular flexibility index (Phi) is 5.03. The quantitative estimate of drug-likeness (QED) is 0.833. The molecule has 112 valence electrons. The Morgan fingerprint density at radius 3 is 2.36 bits per heavy atom. The van der Waals surface area contributed by atoms with Crippen molar-refractivity contribution in [3.63, 3.8) is 0 Å². The number of pyridine rings is 1. The predicted octanol–water partition coefficient (Wildman–Crippen LogP) is 2.56. The number of nitrogens with zero attached hydrogens (tertiary/aromatic N) is 1. The van der Waals surface area contributed by atoms with Gasteiger partial charge in [-0.1, -0.05) is 29.8 Å². The van der Waals surface area contributed by atoms with Gasteiger partial charge in [0, 0.05) is 12.2 Å². The van der Waals surface area contributed by atoms with Gasteiger partial charge in [-0.2, -0.15) is 0 Å². The molecule has 5 nitrogen and oxygen atoms in total. The smallest absolute Gasteiger partial charge is 0.274 e. The normalized spacial score (nSPS) is 9.86. The maximum Gasteiger partial charge on any atom is 0.274 e. The van der Waals surface area contributed by atoms with Crippen LogP contribution in [-0.4, -0.2) is 23.3 Å². The summed E-state index contributed by atoms with van der Waals surface area (Å²) in [7, 11) is 0. The van der Waals surface area contributed by atoms with E-state index in [0.717, 1.165) is 5.56 Å². The third-order valence-electron chi connectivity index (χ3n) is 2.93. The molecule has 0 aliphatic carbocycles. The number of aromatic nitrogens is 1. The van der Waals surface area contributed by atoms with Gasteiger partial charge in [-0.3, -0.25) is 9.59 Å². The van der Waals surface area contributed by atoms with Gasteiger partial charge in [0.1, 0.15) is 11.4 Å². The predicted molar refractivity (Wildman–Crippen MR) is 85.9 cm³/mol. The first kappa shape index (κ1) is 15.4. The fraction of sp³-hybridized carbons (Fsp3) is 0.118. The molecule has 0 saturated carbocycles. The molecule has 5 heteroatoms. The standard InChI is InChI=1S/C17H17N3O2/c1-3-11-18-16(21)14-5-4-6-15(20-14)17(22)19-13-9-7-12(2)8-10-13/h3-10H,1,11H2,2H3,(H,18,21)(H,19,22). The summed E-state index contributed by atoms with van der Waals surface area (Å²) >= 11 is 0. The van der Waals surface area contributed by atoms with Crippen LogP contribution < -0.4 is 10.6 Å². The SMILES string of the molecule is C=CCNC(=O)c1cccc(C(=O)Nc2ccc(C)cc2)n1. The highest BCUT2D eigenvalue weighted by Crippen LogP contribution is 2.10. The summed E-state index contributed by atoms with van der Waals surface area (Å²) in [6.07, 6.45) is 1.58. The largest absolute Gasteiger partial charge is 0.347 e. The maximum absolute atomic E-state index is 12.2. The van der Waals surface area contributed by atoms with E-state index in [9.17, 15) is 9.59 Å². The highest BCUT2D eigenvalue weighted by Gasteiger charge is 2.12. The number of hydrogen-bond acceptors (Lipinski definition) is 3. The number of amides is 2. The van der Waals surface area contributed by atoms with Crippen LogP contribution in [0.3, 0.4) is 0 Å². The topological polar surface area (TPSA) is 71.1 Å². The van der Waals surface area contributed by atoms with Crippen molar-refractivity contribution in [3.8, 4) is 0 Å². The second-order valence-corrected chi connectivity index (χ2v) is 4.73. The van der Waals surface area contributed by atoms with Gasteiger partial charge < -0.3 is 10.6 Å². The molecule has 0 spiro atoms. The van der Waals surface area contributed by atoms with Crippen molar-refractivity contribution in [2.75, 3.05) is 11.9 Å². The van der Waals surface area contributed by atoms with E-state index in [2.05, 4.69) is 22.2 Å². The molecule has 0 unspecified atom stereocenters. The third-order valence-corrected chi connectivity index (χ3v) is 2.93. The van der Waals surface area contributed by atoms with Crippen LogP contribution in [0.15, 0.2) is 55.1 Å². The first-order valence-electron chi connectivity index (χ1n) is 6.84. The lowest BCUT2D eigenvalue weighted by molar-refractivity contribution is 0.0953. The minimum Gasteiger partial charge on any atom is -0.347 e. The highest BCUT2D eigenvalue weighted by atomic mass is 16.2. The number of anilines is 1. The summed E-state index contributed by atoms with van der Waals surface area (Å²) in [5.74, 6) is -0.702. The van der Waals surface area contributed by atoms with Crippen molar-refractivity contribution in [3.05, 3.63) is 72.1 Å². The second-order valence-electron chi connectivity index (χ2n) is 4.73. The Labute approximate surface area is 129 Å². The summed E-state index contributed by atoms with van der Waals surface area (Å²) in [4.78, 5) is 28.1. The number of aryl methyl sites for hydroxylation is 1. The van der Waals surface area contributed by atoms with E-state index in [1.54, 1.807) is 24.3 Å². The molecule has 2 rings (SSSR count). The lowest BCUT2D eigenvalue weighted by atomic mass is 10.2. The number of benzene rings is 1. The van der Waals surface area contributed by atoms with Gasteiger partial charge in [-0.05, 0) is 31.2 Å². The molecular weight excluding hydrogens is 278 g/mol. The van der Waals surface area contributed by atoms with E-state index in [1.807, 2.05) is 31.2 Å². The van der Waals surface area contributed by atoms with Crippen molar-refractivity contribution >= 4 is 17.5 Å². The minimum atomic E-state index is -0.359. The van der Waals surface area contributed by atoms with E-state index >= 15 is 0 Å². The lowest BCUT2D eigenvalue weighted by Crippen LogP contribution is -2.25. The highest BCUT2D eigenvalue weighted by molar-refractivity contribution is 6.03. The first-order chi connectivity index (χ1) is 10.6. The van der Waals surface area contributed by atoms with E-state index in [0.29, 0.717) is 12.2 Å². The Morgan fingerprint density at radius 1 is 1.09 bits per heavy atom. The van der Waals surface area contributed by atoms with Crippen LogP contribution in [0.2, 0.25) is 0 Å². The van der Waals surface area contributed by atoms with Gasteiger partial charge in [-0.15, -0.1) is 6.58 Å². The molecule has 0 aliphatic rings. The van der Waals surface area contributed by atoms with Gasteiger partial charge in [0.25, 0.3) is 11.8 Å². The van der Waals surface area contributed by atoms with E-state index < -0.39 is 0 Å². The molecule has 0 saturated heterocycles. The molecule has 1 heterocycles. The van der Waals surface area contributed by atoms with Crippen molar-refractivity contribution < 1.29 is 9.59 Å². The summed E-state index contributed by atoms with van der Waals surface area (Å²) in [6.45, 7) is 5.84. The number of carbonyl (C=O) groups excluding carboxylic acids is 2. The zero-order valence-electron chi connectivity index (χ0n) is 12.3. The molecule has 2 aromatic rings. The monoisotopic (exact) mass is 295 g/mol. The molecule has 22 heavy (non-hydrogen) atoms. The molecule has 1 aromatic carbocycles. The fourth-order valence-corrected chi connectivity index (χ4v) is 1.78. The van der Waals surface area contributed by atoms with Crippen molar-refractivity contribution in [2.24, 2.45) is 0 Å². The molecule has 2 N–H and O–H groups in total. The zero-order chi connectivity index (χ0) is 15.9. The van der Waals surface area contributed by atoms with Crippen LogP contribution in [0.5, 0.6) is 0 Å². The minimum absolute atomic E-state index is 0.187. The lowest BCUT2D eigenvalue weighted by Gasteiger charge is -2.07. The number of nitrogens with one attached hydrogen (secondary N) is 2. The number of carbonyl (C=O) groups is 2. The summed E-state index contributed by atoms with van der Waals surface area (Å²) in [6, 6.07) is 12.2. The van der Waals surface area contributed by atoms with Crippen LogP contribution in [0.4, 0.5) is 5.69 Å². The van der Waals surface area contributed by atoms with Crippen molar-refractivity contribution in [1.82, 2.24) is 10.3 Å². The summed E-state index contributed by atoms with van der Waals surface area (Å²) in [5.41, 5.74) is 2.17. The van der Waals surface area contributed by atoms with Gasteiger partial charge in [0.15, 0.2) is 0 Å². The molecule has 0 radical (unpaired) electrons. The van der Waals surface area contributed by atoms with E-state index in [4.69, 9.17) is 0 Å². The van der Waals surface area contributed by atoms with Crippen LogP contribution >= 0.6 is 0 Å². The zero-order valence-corrected chi connectivity index (χ0v) is 12.3. The molecule has 0 bridgehead atoms. The van der Waals surface area contributed by atoms with Crippen LogP contribution in [0, 0.1) is 6.92 Å². The molecule has 0 aliphatic heterocycles. The Hall–Kier alpha value is -2.95. The molecule has 1 aromatic heterocycles. The number of hydrogen-bond donors (Lipinski definition) is 2. The molecule has 0 fully saturated rings. The maximum atomic E-state index is 12.2. The van der Waals surface area contributed by atoms with Gasteiger partial charge in [0.05, 0.1) is 0 Å². The van der Waals surface area contributed by atoms with Crippen molar-refractivity contribution in [2.45, 2.75) is 6.92 Å². The van der Waals surface area contributed by atoms with Crippen LogP contribution in [-0.2, 0) is 0 Å². The molecular formula is C17H17N3O2. The van der Waals surface area contributed by atoms with Crippen molar-refractivity contribution in [1.29, 1.82) is 0 Å². The van der Waals surface area contributed by atoms with E-state index in [-0.39, 0.29) is 23.2 Å². The fourth-order valence-electron chi connectivity index (χ4n) is 1.78. The van der Waals surface area contributed by atoms with Crippen LogP contribution in [0.25, 0.3) is 0 Å². The summed E-state index contributed by atoms with van der Waals surface area (Å²) in [5, 5.41) is 5.36. The second kappa shape index (κ2) is 7.17. The van der Waals surface area contributed by atoms with Gasteiger partial charge >= 0.3 is 0 Å². The third kappa shape index (κ3) is 4.02. The average Bonchev–Trinajstić information content (AvgIpc) is 2.54. The molecule has 2 amide bonds. The van der Waals surface area contributed by atoms with Gasteiger partial charge in [-0.25, -0.2) is 4.98 Å². The van der Waals surface area contributed by atoms with Gasteiger partial charge in [0.2, 0.25) is 0 Å². The Morgan fingerprint density at radius 2 is 1.73 bits per heavy atom. The first-order valence-corrected chi connectivity index (χ1v) is 6.84. The average molecular weight is 295 g/mol. The van der Waals surface area contributed by atoms with Crippen LogP contribution in [0.1, 0.15) is 26.5 Å². The van der Waals surface area contributed by atoms with E-state index in [1.165, 1.54) is 0 Å². The Balaban J connectivity index is 2.11. The number of rotatable bonds is 5. The Bertz CT molecular complexity index is 693.